The van der Waals surface area contributed by atoms with Crippen molar-refractivity contribution in [3.8, 4) is 34.5 Å². The second-order valence-corrected chi connectivity index (χ2v) is 9.75. The number of hydrogen-bond donors (Lipinski definition) is 5. The summed E-state index contributed by atoms with van der Waals surface area (Å²) < 4.78 is 24.8. The maximum atomic E-state index is 12.0. The Morgan fingerprint density at radius 2 is 1.19 bits per heavy atom. The van der Waals surface area contributed by atoms with Gasteiger partial charge in [-0.25, -0.2) is 0 Å². The summed E-state index contributed by atoms with van der Waals surface area (Å²) in [5, 5.41) is 27.9. The predicted octanol–water partition coefficient (Wildman–Crippen LogP) is 3.15. The first-order valence-corrected chi connectivity index (χ1v) is 13.0. The number of hydrogen-bond acceptors (Lipinski definition) is 9. The molecule has 5 rings (SSSR count). The van der Waals surface area contributed by atoms with Gasteiger partial charge in [0.15, 0.2) is 46.7 Å². The van der Waals surface area contributed by atoms with E-state index in [1.165, 1.54) is 39.1 Å². The number of ether oxygens (including phenoxy) is 4. The van der Waals surface area contributed by atoms with Gasteiger partial charge in [-0.3, -0.25) is 14.4 Å². The number of benzene rings is 3. The molecule has 0 spiro atoms. The van der Waals surface area contributed by atoms with Gasteiger partial charge in [-0.15, -0.1) is 0 Å². The van der Waals surface area contributed by atoms with Gasteiger partial charge < -0.3 is 45.1 Å². The van der Waals surface area contributed by atoms with Crippen LogP contribution in [0.25, 0.3) is 6.08 Å². The molecule has 0 bridgehead atoms. The zero-order valence-electron chi connectivity index (χ0n) is 22.9. The summed E-state index contributed by atoms with van der Waals surface area (Å²) in [5.74, 6) is -0.0372. The smallest absolute Gasteiger partial charge is 0.220 e. The monoisotopic (exact) mass is 575 g/mol. The van der Waals surface area contributed by atoms with Crippen LogP contribution in [-0.4, -0.2) is 40.4 Å². The van der Waals surface area contributed by atoms with Crippen molar-refractivity contribution in [1.29, 1.82) is 0 Å². The van der Waals surface area contributed by atoms with Crippen molar-refractivity contribution >= 4 is 23.8 Å². The van der Waals surface area contributed by atoms with E-state index in [-0.39, 0.29) is 29.2 Å². The predicted molar refractivity (Wildman–Crippen MR) is 149 cm³/mol. The third-order valence-electron chi connectivity index (χ3n) is 6.41. The Hall–Kier alpha value is -5.39. The van der Waals surface area contributed by atoms with Gasteiger partial charge in [0.2, 0.25) is 30.2 Å². The largest absolute Gasteiger partial charge is 0.504 e. The highest BCUT2D eigenvalue weighted by Gasteiger charge is 2.38. The molecular weight excluding hydrogens is 546 g/mol. The van der Waals surface area contributed by atoms with E-state index in [4.69, 9.17) is 18.9 Å². The highest BCUT2D eigenvalue weighted by atomic mass is 16.6. The molecule has 42 heavy (non-hydrogen) atoms. The van der Waals surface area contributed by atoms with E-state index in [2.05, 4.69) is 16.0 Å². The van der Waals surface area contributed by atoms with Crippen molar-refractivity contribution in [2.45, 2.75) is 45.4 Å². The van der Waals surface area contributed by atoms with Crippen LogP contribution >= 0.6 is 0 Å². The average molecular weight is 576 g/mol. The van der Waals surface area contributed by atoms with Crippen molar-refractivity contribution in [3.05, 3.63) is 77.5 Å². The van der Waals surface area contributed by atoms with E-state index in [1.54, 1.807) is 48.5 Å². The first-order valence-electron chi connectivity index (χ1n) is 13.0. The number of nitrogens with one attached hydrogen (secondary N) is 3. The molecule has 0 saturated heterocycles. The minimum Gasteiger partial charge on any atom is -0.504 e. The van der Waals surface area contributed by atoms with Crippen molar-refractivity contribution < 1.29 is 43.5 Å². The molecule has 2 aliphatic rings. The molecule has 0 aromatic heterocycles. The van der Waals surface area contributed by atoms with Crippen molar-refractivity contribution in [3.63, 3.8) is 0 Å². The third-order valence-corrected chi connectivity index (χ3v) is 6.41. The molecule has 0 fully saturated rings. The van der Waals surface area contributed by atoms with Gasteiger partial charge in [0, 0.05) is 38.1 Å². The lowest BCUT2D eigenvalue weighted by Gasteiger charge is -2.36. The lowest BCUT2D eigenvalue weighted by molar-refractivity contribution is -0.125. The summed E-state index contributed by atoms with van der Waals surface area (Å²) in [4.78, 5) is 35.1. The topological polar surface area (TPSA) is 165 Å². The fourth-order valence-corrected chi connectivity index (χ4v) is 4.57. The molecule has 0 radical (unpaired) electrons. The Kier molecular flexibility index (Phi) is 7.78. The van der Waals surface area contributed by atoms with Crippen molar-refractivity contribution in [2.24, 2.45) is 0 Å². The van der Waals surface area contributed by atoms with Gasteiger partial charge >= 0.3 is 0 Å². The molecule has 218 valence electrons. The number of carbonyl (C=O) groups is 3. The van der Waals surface area contributed by atoms with Crippen molar-refractivity contribution in [1.82, 2.24) is 16.0 Å². The fraction of sp³-hybridized carbons (Fsp3) is 0.233. The minimum atomic E-state index is -0.929. The minimum absolute atomic E-state index is 0.200. The molecule has 0 unspecified atom stereocenters. The molecule has 4 atom stereocenters. The van der Waals surface area contributed by atoms with Crippen LogP contribution in [0, 0.1) is 0 Å². The van der Waals surface area contributed by atoms with Crippen LogP contribution in [0.5, 0.6) is 34.5 Å². The number of phenols is 2. The maximum absolute atomic E-state index is 12.0. The molecule has 0 saturated carbocycles. The van der Waals surface area contributed by atoms with Gasteiger partial charge in [0.25, 0.3) is 0 Å². The zero-order valence-corrected chi connectivity index (χ0v) is 22.9. The molecule has 0 aliphatic carbocycles. The Balaban J connectivity index is 1.47. The molecule has 2 heterocycles. The standard InChI is InChI=1S/C30H29N3O9/c1-15(34)31-11-10-18-4-8-23-25(12-18)39-28(30(41-23)33-17(3)36)20-6-9-24-26(14-20)40-27(29(42-24)32-16(2)35)19-5-7-21(37)22(38)13-19/h4-14,27-30,37-38H,1-3H3,(H,31,34)(H,32,35)(H,33,36)/b11-10+/t27-,28+,29+,30-/m0/s1. The molecule has 3 aromatic rings. The number of phenolic OH excluding ortho intramolecular Hbond substituents is 2. The lowest BCUT2D eigenvalue weighted by Crippen LogP contribution is -2.47. The number of amides is 3. The van der Waals surface area contributed by atoms with Crippen LogP contribution in [-0.2, 0) is 14.4 Å². The highest BCUT2D eigenvalue weighted by molar-refractivity contribution is 5.75. The maximum Gasteiger partial charge on any atom is 0.220 e. The van der Waals surface area contributed by atoms with E-state index < -0.39 is 24.7 Å². The van der Waals surface area contributed by atoms with Crippen LogP contribution in [0.1, 0.15) is 49.7 Å². The van der Waals surface area contributed by atoms with Crippen molar-refractivity contribution in [2.75, 3.05) is 0 Å². The summed E-state index contributed by atoms with van der Waals surface area (Å²) in [5.41, 5.74) is 1.78. The Bertz CT molecular complexity index is 1570. The summed E-state index contributed by atoms with van der Waals surface area (Å²) in [7, 11) is 0. The van der Waals surface area contributed by atoms with Crippen LogP contribution in [0.2, 0.25) is 0 Å². The number of aromatic hydroxyl groups is 2. The number of fused-ring (bicyclic) bond motifs is 2. The Morgan fingerprint density at radius 1 is 0.643 bits per heavy atom. The first-order chi connectivity index (χ1) is 20.1. The first kappa shape index (κ1) is 28.1. The molecule has 3 aromatic carbocycles. The fourth-order valence-electron chi connectivity index (χ4n) is 4.57. The average Bonchev–Trinajstić information content (AvgIpc) is 2.93. The summed E-state index contributed by atoms with van der Waals surface area (Å²) in [6.45, 7) is 4.12. The lowest BCUT2D eigenvalue weighted by atomic mass is 10.0. The van der Waals surface area contributed by atoms with Gasteiger partial charge in [-0.2, -0.15) is 0 Å². The molecule has 12 nitrogen and oxygen atoms in total. The quantitative estimate of drug-likeness (QED) is 0.278. The third kappa shape index (κ3) is 6.17. The Labute approximate surface area is 240 Å². The Morgan fingerprint density at radius 3 is 1.76 bits per heavy atom. The SMILES string of the molecule is CC(=O)N/C=C/c1ccc2c(c1)O[C@H](c1ccc3c(c1)O[C@@H](c1ccc(O)c(O)c1)[C@H](NC(C)=O)O3)[C@@H](NC(C)=O)O2. The molecular formula is C30H29N3O9. The molecule has 5 N–H and O–H groups in total. The summed E-state index contributed by atoms with van der Waals surface area (Å²) in [6.07, 6.45) is -0.260. The second kappa shape index (κ2) is 11.6. The van der Waals surface area contributed by atoms with Gasteiger partial charge in [0.1, 0.15) is 0 Å². The van der Waals surface area contributed by atoms with E-state index in [0.29, 0.717) is 34.1 Å². The molecule has 2 aliphatic heterocycles. The highest BCUT2D eigenvalue weighted by Crippen LogP contribution is 2.44. The number of rotatable bonds is 6. The molecule has 12 heteroatoms. The van der Waals surface area contributed by atoms with Gasteiger partial charge in [-0.05, 0) is 48.0 Å². The van der Waals surface area contributed by atoms with E-state index in [1.807, 2.05) is 0 Å². The summed E-state index contributed by atoms with van der Waals surface area (Å²) >= 11 is 0. The van der Waals surface area contributed by atoms with Crippen LogP contribution in [0.4, 0.5) is 0 Å². The normalized spacial score (nSPS) is 20.5. The molecule has 3 amide bonds. The van der Waals surface area contributed by atoms with Crippen LogP contribution < -0.4 is 34.9 Å². The summed E-state index contributed by atoms with van der Waals surface area (Å²) in [6, 6.07) is 14.5. The second-order valence-electron chi connectivity index (χ2n) is 9.75. The zero-order chi connectivity index (χ0) is 30.0. The van der Waals surface area contributed by atoms with Crippen LogP contribution in [0.15, 0.2) is 60.8 Å². The number of carbonyl (C=O) groups excluding carboxylic acids is 3. The van der Waals surface area contributed by atoms with Gasteiger partial charge in [0.05, 0.1) is 0 Å². The van der Waals surface area contributed by atoms with E-state index in [0.717, 1.165) is 5.56 Å². The van der Waals surface area contributed by atoms with Gasteiger partial charge in [-0.1, -0.05) is 18.2 Å². The van der Waals surface area contributed by atoms with Crippen LogP contribution in [0.3, 0.4) is 0 Å². The van der Waals surface area contributed by atoms with E-state index in [9.17, 15) is 24.6 Å². The van der Waals surface area contributed by atoms with E-state index >= 15 is 0 Å².